The third kappa shape index (κ3) is 31.7. The molecule has 2 heterocycles. The first kappa shape index (κ1) is 99.8. The number of nitrogens with one attached hydrogen (secondary N) is 6. The predicted octanol–water partition coefficient (Wildman–Crippen LogP) is 3.16. The molecule has 0 spiro atoms. The minimum Gasteiger partial charge on any atom is -0.480 e. The van der Waals surface area contributed by atoms with Crippen molar-refractivity contribution in [3.05, 3.63) is 65.7 Å². The second kappa shape index (κ2) is 50.3. The summed E-state index contributed by atoms with van der Waals surface area (Å²) in [5, 5.41) is 45.8. The Kier molecular flexibility index (Phi) is 43.3. The summed E-state index contributed by atoms with van der Waals surface area (Å²) in [6.45, 7) is 17.5. The first-order valence-corrected chi connectivity index (χ1v) is 42.7. The number of likely N-dealkylation sites (tertiary alicyclic amines) is 1. The van der Waals surface area contributed by atoms with Crippen LogP contribution in [0.2, 0.25) is 0 Å². The highest BCUT2D eigenvalue weighted by Crippen LogP contribution is 2.31. The molecule has 0 aromatic heterocycles. The van der Waals surface area contributed by atoms with Crippen LogP contribution in [0.4, 0.5) is 15.3 Å². The van der Waals surface area contributed by atoms with Crippen LogP contribution in [0.25, 0.3) is 0 Å². The van der Waals surface area contributed by atoms with Crippen LogP contribution in [-0.4, -0.2) is 290 Å². The van der Waals surface area contributed by atoms with E-state index in [9.17, 15) is 72.2 Å². The lowest BCUT2D eigenvalue weighted by atomic mass is 9.89. The molecular formula is C78H125N15O20S3. The maximum atomic E-state index is 14.9. The fourth-order valence-corrected chi connectivity index (χ4v) is 16.1. The number of likely N-dealkylation sites (N-methyl/N-ethyl adjacent to an activating group) is 2. The molecule has 13 amide bonds. The molecule has 650 valence electrons. The Hall–Kier alpha value is -8.53. The number of ether oxygens (including phenoxy) is 3. The Balaban J connectivity index is 1.36. The third-order valence-corrected chi connectivity index (χ3v) is 23.6. The van der Waals surface area contributed by atoms with Gasteiger partial charge in [-0.3, -0.25) is 62.4 Å². The Morgan fingerprint density at radius 2 is 1.17 bits per heavy atom. The predicted molar refractivity (Wildman–Crippen MR) is 441 cm³/mol. The number of carbonyl (C=O) groups excluding carboxylic acids is 12. The van der Waals surface area contributed by atoms with Crippen LogP contribution in [0.3, 0.4) is 0 Å². The van der Waals surface area contributed by atoms with E-state index in [1.165, 1.54) is 53.0 Å². The van der Waals surface area contributed by atoms with E-state index in [2.05, 4.69) is 31.9 Å². The molecule has 0 aliphatic carbocycles. The second-order valence-corrected chi connectivity index (χ2v) is 33.8. The summed E-state index contributed by atoms with van der Waals surface area (Å²) in [4.78, 5) is 196. The fraction of sp³-hybridized carbons (Fsp3) is 0.667. The molecule has 14 atom stereocenters. The van der Waals surface area contributed by atoms with Gasteiger partial charge in [0.25, 0.3) is 0 Å². The summed E-state index contributed by atoms with van der Waals surface area (Å²) in [5.41, 5.74) is 17.9. The third-order valence-electron chi connectivity index (χ3n) is 20.5. The van der Waals surface area contributed by atoms with Crippen molar-refractivity contribution in [1.82, 2.24) is 56.0 Å². The van der Waals surface area contributed by atoms with Gasteiger partial charge in [-0.25, -0.2) is 9.59 Å². The molecule has 2 aliphatic rings. The number of nitrogens with two attached hydrogens (primary N) is 3. The van der Waals surface area contributed by atoms with Gasteiger partial charge in [-0.05, 0) is 79.5 Å². The molecule has 0 unspecified atom stereocenters. The number of amides is 13. The first-order chi connectivity index (χ1) is 54.8. The van der Waals surface area contributed by atoms with Gasteiger partial charge in [0, 0.05) is 95.1 Å². The van der Waals surface area contributed by atoms with Gasteiger partial charge >= 0.3 is 24.1 Å². The maximum absolute atomic E-state index is 14.9. The molecule has 2 saturated heterocycles. The van der Waals surface area contributed by atoms with Gasteiger partial charge in [0.05, 0.1) is 74.5 Å². The number of hydrogen-bond donors (Lipinski definition) is 12. The van der Waals surface area contributed by atoms with Gasteiger partial charge in [-0.1, -0.05) is 111 Å². The van der Waals surface area contributed by atoms with E-state index >= 15 is 0 Å². The van der Waals surface area contributed by atoms with Crippen molar-refractivity contribution in [2.24, 2.45) is 46.8 Å². The SMILES string of the molecule is CC[C@H](C)[C@@H]([C@@H](CC(=O)N1CCC[C@H]1[C@H](OC)[C@@H](C)C(=O)N[C@H](C)[C@@H](O)c1ccccc1)OC)N(C)C(=O)[C@@H](NC(=O)[C@H](C(C)C)N(C)C(=O)OCc1ccc(NC(=O)[C@H](CCCNC(N)=O)NC(=O)[C@@H](NC(=O)CSCCC(=O)N2CN(C(=O)CCSC[C@H](N)C(=O)O)CN(C(=O)CCSC[C@H](N)C(=O)O)C2)C(C)C)cc1)C(C)C. The first-order valence-electron chi connectivity index (χ1n) is 39.2. The zero-order valence-corrected chi connectivity index (χ0v) is 71.7. The highest BCUT2D eigenvalue weighted by Gasteiger charge is 2.45. The van der Waals surface area contributed by atoms with E-state index < -0.39 is 168 Å². The number of anilines is 1. The number of aliphatic carboxylic acids is 2. The standard InChI is InChI=1S/C78H125N15O20S3/c1-15-48(8)67(58(111-13)37-63(98)93-33-20-24-57(93)69(112-14)49(9)70(100)83-50(10)68(99)52-21-17-16-18-22-52)88(11)74(104)65(46(4)5)87-73(103)66(47(6)7)89(12)78(110)113-38-51-25-27-53(28-26-51)84-71(101)56(23-19-32-82-77(81)109)85-72(102)64(45(2)3)86-59(94)41-116-36-31-62(97)92-43-90(60(95)29-34-114-39-54(79)75(105)106)42-91(44-92)61(96)30-35-115-40-55(80)76(107)108/h16-18,21-22,25-28,45-50,54-58,64-69,99H,15,19-20,23-24,29-44,79-80H2,1-14H3,(H,83,100)(H,84,101)(H,85,102)(H,86,94)(H,87,103)(H,105,106)(H,107,108)(H3,81,82,109)/t48-,49+,50+,54-,55-,56-,57-,58+,64-,65-,66-,67-,68+,69+/m0/s1. The van der Waals surface area contributed by atoms with Gasteiger partial charge < -0.3 is 103 Å². The minimum atomic E-state index is -1.21. The molecule has 0 bridgehead atoms. The van der Waals surface area contributed by atoms with Crippen LogP contribution in [0.1, 0.15) is 144 Å². The number of primary amides is 1. The lowest BCUT2D eigenvalue weighted by Gasteiger charge is -2.42. The van der Waals surface area contributed by atoms with Crippen molar-refractivity contribution >= 4 is 124 Å². The fourth-order valence-electron chi connectivity index (χ4n) is 13.6. The number of carbonyl (C=O) groups is 14. The highest BCUT2D eigenvalue weighted by molar-refractivity contribution is 8.00. The van der Waals surface area contributed by atoms with Gasteiger partial charge in [0.1, 0.15) is 42.9 Å². The van der Waals surface area contributed by atoms with Crippen molar-refractivity contribution in [2.45, 2.75) is 206 Å². The Bertz CT molecular complexity index is 3530. The number of thioether (sulfide) groups is 3. The summed E-state index contributed by atoms with van der Waals surface area (Å²) >= 11 is 3.41. The zero-order chi connectivity index (χ0) is 86.8. The van der Waals surface area contributed by atoms with Crippen LogP contribution < -0.4 is 49.1 Å². The van der Waals surface area contributed by atoms with Crippen molar-refractivity contribution in [3.8, 4) is 0 Å². The lowest BCUT2D eigenvalue weighted by Crippen LogP contribution is -2.60. The zero-order valence-electron chi connectivity index (χ0n) is 69.3. The second-order valence-electron chi connectivity index (χ2n) is 30.4. The van der Waals surface area contributed by atoms with Crippen molar-refractivity contribution < 1.29 is 96.7 Å². The van der Waals surface area contributed by atoms with E-state index in [0.29, 0.717) is 36.9 Å². The number of methoxy groups -OCH3 is 2. The van der Waals surface area contributed by atoms with Crippen LogP contribution in [0, 0.1) is 29.6 Å². The number of carboxylic acids is 2. The summed E-state index contributed by atoms with van der Waals surface area (Å²) < 4.78 is 17.8. The molecule has 4 rings (SSSR count). The minimum absolute atomic E-state index is 0.00758. The van der Waals surface area contributed by atoms with Crippen molar-refractivity contribution in [3.63, 3.8) is 0 Å². The average molecular weight is 1690 g/mol. The molecule has 38 heteroatoms. The number of carboxylic acid groups (broad SMARTS) is 2. The molecule has 0 saturated carbocycles. The molecule has 0 radical (unpaired) electrons. The van der Waals surface area contributed by atoms with Crippen LogP contribution >= 0.6 is 35.3 Å². The van der Waals surface area contributed by atoms with Crippen LogP contribution in [-0.2, 0) is 78.4 Å². The highest BCUT2D eigenvalue weighted by atomic mass is 32.2. The number of nitrogens with zero attached hydrogens (tertiary/aromatic N) is 6. The lowest BCUT2D eigenvalue weighted by molar-refractivity contribution is -0.158. The van der Waals surface area contributed by atoms with E-state index in [1.54, 1.807) is 91.6 Å². The topological polar surface area (TPSA) is 497 Å². The number of aliphatic hydroxyl groups excluding tert-OH is 1. The number of rotatable bonds is 49. The molecule has 2 aromatic carbocycles. The normalized spacial score (nSPS) is 17.0. The van der Waals surface area contributed by atoms with Gasteiger partial charge in [-0.15, -0.1) is 0 Å². The van der Waals surface area contributed by atoms with E-state index in [0.717, 1.165) is 40.2 Å². The van der Waals surface area contributed by atoms with Crippen molar-refractivity contribution in [2.75, 3.05) is 101 Å². The Morgan fingerprint density at radius 1 is 0.629 bits per heavy atom. The van der Waals surface area contributed by atoms with Crippen LogP contribution in [0.15, 0.2) is 54.6 Å². The average Bonchev–Trinajstić information content (AvgIpc) is 1.44. The molecule has 2 aliphatic heterocycles. The smallest absolute Gasteiger partial charge is 0.410 e. The van der Waals surface area contributed by atoms with Crippen molar-refractivity contribution in [1.29, 1.82) is 0 Å². The quantitative estimate of drug-likeness (QED) is 0.0423. The molecular weight excluding hydrogens is 1560 g/mol. The largest absolute Gasteiger partial charge is 0.480 e. The molecule has 35 nitrogen and oxygen atoms in total. The summed E-state index contributed by atoms with van der Waals surface area (Å²) in [6.07, 6.45) is -1.60. The maximum Gasteiger partial charge on any atom is 0.410 e. The summed E-state index contributed by atoms with van der Waals surface area (Å²) in [7, 11) is 6.02. The number of aliphatic hydroxyl groups is 1. The Morgan fingerprint density at radius 3 is 1.66 bits per heavy atom. The van der Waals surface area contributed by atoms with E-state index in [4.69, 9.17) is 41.6 Å². The monoisotopic (exact) mass is 1690 g/mol. The van der Waals surface area contributed by atoms with Gasteiger partial charge in [-0.2, -0.15) is 35.3 Å². The molecule has 15 N–H and O–H groups in total. The van der Waals surface area contributed by atoms with E-state index in [1.807, 2.05) is 32.0 Å². The molecule has 2 fully saturated rings. The summed E-state index contributed by atoms with van der Waals surface area (Å²) in [5.74, 6) is -9.10. The number of benzene rings is 2. The van der Waals surface area contributed by atoms with Gasteiger partial charge in [0.15, 0.2) is 0 Å². The molecule has 116 heavy (non-hydrogen) atoms. The molecule has 2 aromatic rings. The summed E-state index contributed by atoms with van der Waals surface area (Å²) in [6, 6.07) is 5.89. The van der Waals surface area contributed by atoms with Gasteiger partial charge in [0.2, 0.25) is 59.1 Å². The van der Waals surface area contributed by atoms with Crippen LogP contribution in [0.5, 0.6) is 0 Å². The van der Waals surface area contributed by atoms with E-state index in [-0.39, 0.29) is 130 Å². The number of urea groups is 1. The number of hydrogen-bond acceptors (Lipinski definition) is 23. The Labute approximate surface area is 693 Å².